The Morgan fingerprint density at radius 2 is 2.00 bits per heavy atom. The monoisotopic (exact) mass is 180 g/mol. The second-order valence-electron chi connectivity index (χ2n) is 3.91. The van der Waals surface area contributed by atoms with E-state index in [1.54, 1.807) is 0 Å². The van der Waals surface area contributed by atoms with Gasteiger partial charge in [-0.25, -0.2) is 0 Å². The summed E-state index contributed by atoms with van der Waals surface area (Å²) in [5, 5.41) is 0. The van der Waals surface area contributed by atoms with E-state index in [4.69, 9.17) is 5.73 Å². The molecule has 2 rings (SSSR count). The summed E-state index contributed by atoms with van der Waals surface area (Å²) in [4.78, 5) is 13.5. The Bertz CT molecular complexity index is 241. The first-order chi connectivity index (χ1) is 6.29. The molecule has 1 aliphatic heterocycles. The average molecular weight is 180 g/mol. The van der Waals surface area contributed by atoms with Crippen LogP contribution in [0.5, 0.6) is 0 Å². The Kier molecular flexibility index (Phi) is 2.25. The van der Waals surface area contributed by atoms with Crippen LogP contribution in [0, 0.1) is 0 Å². The Hall–Kier alpha value is -0.990. The highest BCUT2D eigenvalue weighted by Crippen LogP contribution is 2.24. The molecule has 0 saturated heterocycles. The zero-order valence-electron chi connectivity index (χ0n) is 7.83. The normalized spacial score (nSPS) is 25.1. The Balaban J connectivity index is 1.98. The van der Waals surface area contributed by atoms with Crippen molar-refractivity contribution < 1.29 is 4.79 Å². The lowest BCUT2D eigenvalue weighted by atomic mass is 9.94. The second-order valence-corrected chi connectivity index (χ2v) is 3.91. The minimum atomic E-state index is 0.0481. The van der Waals surface area contributed by atoms with Gasteiger partial charge in [0.15, 0.2) is 0 Å². The molecule has 1 heterocycles. The fraction of sp³-hybridized carbons (Fsp3) is 0.700. The highest BCUT2D eigenvalue weighted by molar-refractivity contribution is 5.95. The third-order valence-corrected chi connectivity index (χ3v) is 3.03. The number of hydrogen-bond acceptors (Lipinski definition) is 2. The van der Waals surface area contributed by atoms with Crippen molar-refractivity contribution in [2.45, 2.75) is 38.1 Å². The summed E-state index contributed by atoms with van der Waals surface area (Å²) in [5.41, 5.74) is 5.98. The maximum absolute atomic E-state index is 11.5. The second kappa shape index (κ2) is 3.40. The van der Waals surface area contributed by atoms with Gasteiger partial charge in [0.25, 0.3) is 5.91 Å². The molecule has 1 fully saturated rings. The summed E-state index contributed by atoms with van der Waals surface area (Å²) in [6.45, 7) is 0.731. The smallest absolute Gasteiger partial charge is 0.269 e. The number of hydrogen-bond donors (Lipinski definition) is 1. The van der Waals surface area contributed by atoms with E-state index in [9.17, 15) is 4.79 Å². The predicted octanol–water partition coefficient (Wildman–Crippen LogP) is 1.00. The highest BCUT2D eigenvalue weighted by atomic mass is 16.2. The van der Waals surface area contributed by atoms with Crippen LogP contribution in [0.3, 0.4) is 0 Å². The van der Waals surface area contributed by atoms with Crippen molar-refractivity contribution in [1.82, 2.24) is 4.90 Å². The van der Waals surface area contributed by atoms with E-state index in [1.807, 2.05) is 11.0 Å². The number of nitrogens with two attached hydrogens (primary N) is 1. The SMILES string of the molecule is NC1=CCN(C2CCCCC2)C1=O. The molecule has 0 aromatic carbocycles. The lowest BCUT2D eigenvalue weighted by Crippen LogP contribution is -2.39. The van der Waals surface area contributed by atoms with Gasteiger partial charge in [0.2, 0.25) is 0 Å². The minimum Gasteiger partial charge on any atom is -0.394 e. The molecule has 0 atom stereocenters. The molecule has 2 N–H and O–H groups in total. The molecule has 72 valence electrons. The summed E-state index contributed by atoms with van der Waals surface area (Å²) >= 11 is 0. The van der Waals surface area contributed by atoms with Crippen molar-refractivity contribution in [1.29, 1.82) is 0 Å². The number of nitrogens with zero attached hydrogens (tertiary/aromatic N) is 1. The molecule has 3 heteroatoms. The van der Waals surface area contributed by atoms with Gasteiger partial charge in [-0.1, -0.05) is 19.3 Å². The van der Waals surface area contributed by atoms with Crippen LogP contribution in [0.4, 0.5) is 0 Å². The number of amides is 1. The van der Waals surface area contributed by atoms with Crippen LogP contribution >= 0.6 is 0 Å². The molecule has 0 bridgehead atoms. The van der Waals surface area contributed by atoms with Gasteiger partial charge in [0, 0.05) is 12.6 Å². The molecule has 0 spiro atoms. The molecular formula is C10H16N2O. The summed E-state index contributed by atoms with van der Waals surface area (Å²) < 4.78 is 0. The quantitative estimate of drug-likeness (QED) is 0.654. The van der Waals surface area contributed by atoms with Crippen LogP contribution in [0.15, 0.2) is 11.8 Å². The summed E-state index contributed by atoms with van der Waals surface area (Å²) in [6.07, 6.45) is 7.99. The molecule has 2 aliphatic rings. The molecule has 1 amide bonds. The van der Waals surface area contributed by atoms with E-state index >= 15 is 0 Å². The third-order valence-electron chi connectivity index (χ3n) is 3.03. The molecule has 1 aliphatic carbocycles. The van der Waals surface area contributed by atoms with E-state index in [2.05, 4.69) is 0 Å². The molecule has 0 aromatic rings. The van der Waals surface area contributed by atoms with Crippen molar-refractivity contribution in [3.63, 3.8) is 0 Å². The van der Waals surface area contributed by atoms with Gasteiger partial charge in [0.1, 0.15) is 0 Å². The maximum Gasteiger partial charge on any atom is 0.269 e. The van der Waals surface area contributed by atoms with Crippen LogP contribution in [-0.2, 0) is 4.79 Å². The maximum atomic E-state index is 11.5. The van der Waals surface area contributed by atoms with Crippen LogP contribution < -0.4 is 5.73 Å². The van der Waals surface area contributed by atoms with Gasteiger partial charge in [-0.2, -0.15) is 0 Å². The first-order valence-electron chi connectivity index (χ1n) is 5.05. The zero-order chi connectivity index (χ0) is 9.26. The van der Waals surface area contributed by atoms with Gasteiger partial charge in [-0.3, -0.25) is 4.79 Å². The van der Waals surface area contributed by atoms with Gasteiger partial charge in [-0.15, -0.1) is 0 Å². The first-order valence-corrected chi connectivity index (χ1v) is 5.05. The van der Waals surface area contributed by atoms with Crippen molar-refractivity contribution in [3.8, 4) is 0 Å². The van der Waals surface area contributed by atoms with Gasteiger partial charge in [0.05, 0.1) is 5.70 Å². The first kappa shape index (κ1) is 8.60. The summed E-state index contributed by atoms with van der Waals surface area (Å²) in [7, 11) is 0. The van der Waals surface area contributed by atoms with Crippen LogP contribution in [0.1, 0.15) is 32.1 Å². The van der Waals surface area contributed by atoms with E-state index in [0.29, 0.717) is 11.7 Å². The number of rotatable bonds is 1. The predicted molar refractivity (Wildman–Crippen MR) is 50.9 cm³/mol. The van der Waals surface area contributed by atoms with Crippen LogP contribution in [-0.4, -0.2) is 23.4 Å². The summed E-state index contributed by atoms with van der Waals surface area (Å²) in [6, 6.07) is 0.457. The highest BCUT2D eigenvalue weighted by Gasteiger charge is 2.29. The van der Waals surface area contributed by atoms with Crippen molar-refractivity contribution in [3.05, 3.63) is 11.8 Å². The fourth-order valence-electron chi connectivity index (χ4n) is 2.24. The van der Waals surface area contributed by atoms with Gasteiger partial charge >= 0.3 is 0 Å². The van der Waals surface area contributed by atoms with E-state index in [0.717, 1.165) is 19.4 Å². The van der Waals surface area contributed by atoms with Gasteiger partial charge < -0.3 is 10.6 Å². The average Bonchev–Trinajstić information content (AvgIpc) is 2.49. The zero-order valence-corrected chi connectivity index (χ0v) is 7.83. The largest absolute Gasteiger partial charge is 0.394 e. The van der Waals surface area contributed by atoms with E-state index in [1.165, 1.54) is 19.3 Å². The Morgan fingerprint density at radius 3 is 2.54 bits per heavy atom. The van der Waals surface area contributed by atoms with Crippen LogP contribution in [0.25, 0.3) is 0 Å². The van der Waals surface area contributed by atoms with Crippen molar-refractivity contribution in [2.75, 3.05) is 6.54 Å². The minimum absolute atomic E-state index is 0.0481. The molecular weight excluding hydrogens is 164 g/mol. The molecule has 0 unspecified atom stereocenters. The Labute approximate surface area is 78.6 Å². The Morgan fingerprint density at radius 1 is 1.31 bits per heavy atom. The van der Waals surface area contributed by atoms with Gasteiger partial charge in [-0.05, 0) is 18.9 Å². The molecule has 1 saturated carbocycles. The van der Waals surface area contributed by atoms with E-state index < -0.39 is 0 Å². The molecule has 0 aromatic heterocycles. The number of carbonyl (C=O) groups excluding carboxylic acids is 1. The van der Waals surface area contributed by atoms with Crippen LogP contribution in [0.2, 0.25) is 0 Å². The third kappa shape index (κ3) is 1.55. The fourth-order valence-corrected chi connectivity index (χ4v) is 2.24. The number of carbonyl (C=O) groups is 1. The summed E-state index contributed by atoms with van der Waals surface area (Å²) in [5.74, 6) is 0.0481. The van der Waals surface area contributed by atoms with E-state index in [-0.39, 0.29) is 5.91 Å². The van der Waals surface area contributed by atoms with Crippen molar-refractivity contribution >= 4 is 5.91 Å². The topological polar surface area (TPSA) is 46.3 Å². The standard InChI is InChI=1S/C10H16N2O/c11-9-6-7-12(10(9)13)8-4-2-1-3-5-8/h6,8H,1-5,7,11H2. The lowest BCUT2D eigenvalue weighted by molar-refractivity contribution is -0.128. The molecule has 13 heavy (non-hydrogen) atoms. The molecule has 0 radical (unpaired) electrons. The lowest BCUT2D eigenvalue weighted by Gasteiger charge is -2.30. The molecule has 3 nitrogen and oxygen atoms in total. The van der Waals surface area contributed by atoms with Crippen molar-refractivity contribution in [2.24, 2.45) is 5.73 Å².